The predicted molar refractivity (Wildman–Crippen MR) is 140 cm³/mol. The number of nitrogens with zero attached hydrogens (tertiary/aromatic N) is 1. The summed E-state index contributed by atoms with van der Waals surface area (Å²) in [7, 11) is 0. The van der Waals surface area contributed by atoms with Crippen molar-refractivity contribution in [2.45, 2.75) is 84.1 Å². The maximum Gasteiger partial charge on any atom is 0.328 e. The number of nitrogens with one attached hydrogen (secondary N) is 1. The second-order valence-electron chi connectivity index (χ2n) is 12.9. The number of pyridine rings is 1. The van der Waals surface area contributed by atoms with Crippen LogP contribution in [0.4, 0.5) is 0 Å². The van der Waals surface area contributed by atoms with E-state index in [4.69, 9.17) is 9.57 Å². The number of aromatic nitrogens is 1. The van der Waals surface area contributed by atoms with Crippen LogP contribution >= 0.6 is 0 Å². The molecule has 5 nitrogen and oxygen atoms in total. The molecule has 6 rings (SSSR count). The summed E-state index contributed by atoms with van der Waals surface area (Å²) in [5, 5.41) is 0. The largest absolute Gasteiger partial charge is 0.381 e. The van der Waals surface area contributed by atoms with Crippen LogP contribution < -0.4 is 5.48 Å². The number of ether oxygens (including phenoxy) is 1. The molecule has 2 heterocycles. The van der Waals surface area contributed by atoms with E-state index in [1.54, 1.807) is 5.57 Å². The van der Waals surface area contributed by atoms with Crippen molar-refractivity contribution in [2.24, 2.45) is 34.5 Å². The number of hydroxylamine groups is 1. The zero-order valence-corrected chi connectivity index (χ0v) is 22.2. The molecule has 5 heteroatoms. The molecule has 0 radical (unpaired) electrons. The quantitative estimate of drug-likeness (QED) is 0.398. The van der Waals surface area contributed by atoms with E-state index >= 15 is 0 Å². The molecule has 194 valence electrons. The van der Waals surface area contributed by atoms with Gasteiger partial charge >= 0.3 is 5.97 Å². The van der Waals surface area contributed by atoms with Gasteiger partial charge in [0.25, 0.3) is 0 Å². The minimum Gasteiger partial charge on any atom is -0.381 e. The van der Waals surface area contributed by atoms with E-state index in [2.05, 4.69) is 61.7 Å². The van der Waals surface area contributed by atoms with E-state index in [-0.39, 0.29) is 28.3 Å². The first-order valence-corrected chi connectivity index (χ1v) is 14.2. The first-order valence-electron chi connectivity index (χ1n) is 14.2. The molecule has 0 bridgehead atoms. The molecule has 1 N–H and O–H groups in total. The summed E-state index contributed by atoms with van der Waals surface area (Å²) in [6.45, 7) is 8.57. The molecule has 36 heavy (non-hydrogen) atoms. The van der Waals surface area contributed by atoms with E-state index in [1.165, 1.54) is 36.8 Å². The highest BCUT2D eigenvalue weighted by Crippen LogP contribution is 2.67. The van der Waals surface area contributed by atoms with Crippen LogP contribution in [-0.2, 0) is 14.4 Å². The minimum atomic E-state index is -0.284. The van der Waals surface area contributed by atoms with Crippen molar-refractivity contribution in [3.63, 3.8) is 0 Å². The first kappa shape index (κ1) is 24.4. The van der Waals surface area contributed by atoms with E-state index in [0.717, 1.165) is 49.9 Å². The average molecular weight is 491 g/mol. The zero-order chi connectivity index (χ0) is 25.0. The Labute approximate surface area is 216 Å². The Morgan fingerprint density at radius 1 is 1.06 bits per heavy atom. The normalized spacial score (nSPS) is 40.4. The third-order valence-electron chi connectivity index (χ3n) is 10.9. The Kier molecular flexibility index (Phi) is 6.15. The molecular weight excluding hydrogens is 448 g/mol. The van der Waals surface area contributed by atoms with Gasteiger partial charge in [0.05, 0.1) is 11.5 Å². The highest BCUT2D eigenvalue weighted by atomic mass is 16.7. The maximum atomic E-state index is 12.6. The zero-order valence-electron chi connectivity index (χ0n) is 22.2. The highest BCUT2D eigenvalue weighted by Gasteiger charge is 2.57. The molecule has 0 amide bonds. The molecular formula is C31H42N2O3. The molecule has 2 saturated carbocycles. The smallest absolute Gasteiger partial charge is 0.328 e. The van der Waals surface area contributed by atoms with Crippen LogP contribution in [0.5, 0.6) is 0 Å². The minimum absolute atomic E-state index is 0.0417. The van der Waals surface area contributed by atoms with Gasteiger partial charge in [-0.15, -0.1) is 5.48 Å². The van der Waals surface area contributed by atoms with E-state index in [1.807, 2.05) is 6.20 Å². The van der Waals surface area contributed by atoms with Crippen molar-refractivity contribution in [3.8, 4) is 0 Å². The highest BCUT2D eigenvalue weighted by molar-refractivity contribution is 5.73. The van der Waals surface area contributed by atoms with Crippen LogP contribution in [0.1, 0.15) is 84.1 Å². The molecule has 0 spiro atoms. The van der Waals surface area contributed by atoms with Crippen LogP contribution in [0.25, 0.3) is 5.57 Å². The van der Waals surface area contributed by atoms with Crippen molar-refractivity contribution >= 4 is 11.5 Å². The summed E-state index contributed by atoms with van der Waals surface area (Å²) in [6, 6.07) is 4.32. The molecule has 1 aromatic heterocycles. The van der Waals surface area contributed by atoms with Crippen LogP contribution in [0.15, 0.2) is 42.3 Å². The Bertz CT molecular complexity index is 1060. The molecule has 0 aromatic carbocycles. The standard InChI is InChI=1S/C31H42N2O3/c1-29(33-36-28(34)21-11-17-35-18-12-21)14-15-30(2)23(19-29)6-7-24-26-9-8-25(22-5-4-16-32-20-22)31(26,3)13-10-27(24)30/h4-5,8,16,19-21,24,26-27,33H,6-7,9-15,17-18H2,1-3H3/t24-,26+,27+,29?,30+,31-/m1/s1. The first-order chi connectivity index (χ1) is 17.3. The topological polar surface area (TPSA) is 60.5 Å². The van der Waals surface area contributed by atoms with Crippen LogP contribution in [0.2, 0.25) is 0 Å². The summed E-state index contributed by atoms with van der Waals surface area (Å²) < 4.78 is 5.39. The Morgan fingerprint density at radius 2 is 1.89 bits per heavy atom. The predicted octanol–water partition coefficient (Wildman–Crippen LogP) is 6.27. The molecule has 1 aromatic rings. The number of hydrogen-bond donors (Lipinski definition) is 1. The van der Waals surface area contributed by atoms with Crippen LogP contribution in [0, 0.1) is 34.5 Å². The monoisotopic (exact) mass is 490 g/mol. The van der Waals surface area contributed by atoms with Crippen molar-refractivity contribution in [1.82, 2.24) is 10.5 Å². The van der Waals surface area contributed by atoms with Gasteiger partial charge in [-0.2, -0.15) is 0 Å². The molecule has 1 aliphatic heterocycles. The lowest BCUT2D eigenvalue weighted by Gasteiger charge is -2.59. The van der Waals surface area contributed by atoms with Gasteiger partial charge in [0, 0.05) is 25.6 Å². The second kappa shape index (κ2) is 9.09. The van der Waals surface area contributed by atoms with Gasteiger partial charge in [-0.1, -0.05) is 37.6 Å². The van der Waals surface area contributed by atoms with Gasteiger partial charge in [-0.3, -0.25) is 9.78 Å². The van der Waals surface area contributed by atoms with Crippen LogP contribution in [0.3, 0.4) is 0 Å². The third-order valence-corrected chi connectivity index (χ3v) is 10.9. The maximum absolute atomic E-state index is 12.6. The van der Waals surface area contributed by atoms with Crippen molar-refractivity contribution in [3.05, 3.63) is 47.8 Å². The van der Waals surface area contributed by atoms with E-state index < -0.39 is 0 Å². The SMILES string of the molecule is CC1(NOC(=O)C2CCOCC2)C=C2CC[C@H]3[C@H](CC[C@]4(C)C(c5cccnc5)=CC[C@@H]34)[C@@]2(C)CC1. The van der Waals surface area contributed by atoms with E-state index in [0.29, 0.717) is 13.2 Å². The van der Waals surface area contributed by atoms with Crippen molar-refractivity contribution in [1.29, 1.82) is 0 Å². The Morgan fingerprint density at radius 3 is 2.67 bits per heavy atom. The summed E-state index contributed by atoms with van der Waals surface area (Å²) in [5.74, 6) is 2.09. The fourth-order valence-electron chi connectivity index (χ4n) is 8.69. The number of allylic oxidation sites excluding steroid dienone is 3. The van der Waals surface area contributed by atoms with Gasteiger partial charge in [-0.05, 0) is 110 Å². The summed E-state index contributed by atoms with van der Waals surface area (Å²) in [6.07, 6.45) is 18.8. The number of carbonyl (C=O) groups excluding carboxylic acids is 1. The molecule has 4 aliphatic carbocycles. The number of fused-ring (bicyclic) bond motifs is 5. The van der Waals surface area contributed by atoms with Gasteiger partial charge in [0.2, 0.25) is 0 Å². The van der Waals surface area contributed by atoms with Gasteiger partial charge in [-0.25, -0.2) is 0 Å². The molecule has 5 aliphatic rings. The lowest BCUT2D eigenvalue weighted by atomic mass is 9.46. The van der Waals surface area contributed by atoms with Crippen molar-refractivity contribution < 1.29 is 14.4 Å². The lowest BCUT2D eigenvalue weighted by molar-refractivity contribution is -0.163. The second-order valence-corrected chi connectivity index (χ2v) is 12.9. The summed E-state index contributed by atoms with van der Waals surface area (Å²) in [5.41, 5.74) is 7.89. The Balaban J connectivity index is 1.17. The lowest BCUT2D eigenvalue weighted by Crippen LogP contribution is -2.53. The number of hydrogen-bond acceptors (Lipinski definition) is 5. The molecule has 1 saturated heterocycles. The fourth-order valence-corrected chi connectivity index (χ4v) is 8.69. The van der Waals surface area contributed by atoms with Crippen LogP contribution in [-0.4, -0.2) is 29.7 Å². The average Bonchev–Trinajstić information content (AvgIpc) is 3.26. The molecule has 1 unspecified atom stereocenters. The summed E-state index contributed by atoms with van der Waals surface area (Å²) in [4.78, 5) is 22.7. The molecule has 6 atom stereocenters. The van der Waals surface area contributed by atoms with Gasteiger partial charge < -0.3 is 9.57 Å². The fraction of sp³-hybridized carbons (Fsp3) is 0.677. The molecule has 3 fully saturated rings. The Hall–Kier alpha value is -1.98. The number of rotatable bonds is 4. The van der Waals surface area contributed by atoms with Gasteiger partial charge in [0.15, 0.2) is 0 Å². The number of carbonyl (C=O) groups is 1. The van der Waals surface area contributed by atoms with Crippen molar-refractivity contribution in [2.75, 3.05) is 13.2 Å². The third kappa shape index (κ3) is 3.98. The van der Waals surface area contributed by atoms with Gasteiger partial charge in [0.1, 0.15) is 0 Å². The van der Waals surface area contributed by atoms with E-state index in [9.17, 15) is 4.79 Å². The summed E-state index contributed by atoms with van der Waals surface area (Å²) >= 11 is 0.